The van der Waals surface area contributed by atoms with Gasteiger partial charge < -0.3 is 49.2 Å². The monoisotopic (exact) mass is 1190 g/mol. The summed E-state index contributed by atoms with van der Waals surface area (Å²) < 4.78 is 34.1. The summed E-state index contributed by atoms with van der Waals surface area (Å²) >= 11 is 0. The fourth-order valence-corrected chi connectivity index (χ4v) is 8.12. The van der Waals surface area contributed by atoms with Crippen LogP contribution in [0.2, 0.25) is 0 Å². The lowest BCUT2D eigenvalue weighted by Gasteiger charge is -2.24. The molecule has 8 rings (SSSR count). The zero-order chi connectivity index (χ0) is 61.6. The van der Waals surface area contributed by atoms with Gasteiger partial charge in [-0.2, -0.15) is 29.5 Å². The number of carboxylic acids is 1. The number of benzene rings is 2. The van der Waals surface area contributed by atoms with Crippen LogP contribution in [0.25, 0.3) is 33.7 Å². The van der Waals surface area contributed by atoms with Crippen molar-refractivity contribution < 1.29 is 48.0 Å². The van der Waals surface area contributed by atoms with Gasteiger partial charge in [0.25, 0.3) is 0 Å². The van der Waals surface area contributed by atoms with Gasteiger partial charge >= 0.3 is 24.1 Å². The Bertz CT molecular complexity index is 3440. The highest BCUT2D eigenvalue weighted by Crippen LogP contribution is 2.23. The maximum atomic E-state index is 12.1. The van der Waals surface area contributed by atoms with Gasteiger partial charge in [0.15, 0.2) is 22.3 Å². The smallest absolute Gasteiger partial charge is 0.410 e. The van der Waals surface area contributed by atoms with Gasteiger partial charge in [0.1, 0.15) is 22.7 Å². The molecule has 0 fully saturated rings. The summed E-state index contributed by atoms with van der Waals surface area (Å²) in [7, 11) is 3.48. The summed E-state index contributed by atoms with van der Waals surface area (Å²) in [5.74, 6) is 1.20. The Morgan fingerprint density at radius 1 is 0.570 bits per heavy atom. The van der Waals surface area contributed by atoms with E-state index in [4.69, 9.17) is 28.8 Å². The third-order valence-electron chi connectivity index (χ3n) is 12.4. The van der Waals surface area contributed by atoms with Gasteiger partial charge in [-0.25, -0.2) is 19.6 Å². The number of fused-ring (bicyclic) bond motifs is 2. The highest BCUT2D eigenvalue weighted by molar-refractivity contribution is 5.74. The Morgan fingerprint density at radius 2 is 1.00 bits per heavy atom. The van der Waals surface area contributed by atoms with Crippen molar-refractivity contribution in [3.63, 3.8) is 0 Å². The van der Waals surface area contributed by atoms with E-state index in [0.29, 0.717) is 112 Å². The third kappa shape index (κ3) is 20.7. The molecule has 0 aliphatic rings. The first-order chi connectivity index (χ1) is 41.2. The number of carbonyl (C=O) groups is 4. The number of anilines is 4. The number of unbranched alkanes of at least 4 members (excludes halogenated alkanes) is 4. The molecule has 0 atom stereocenters. The van der Waals surface area contributed by atoms with E-state index >= 15 is 0 Å². The Morgan fingerprint density at radius 3 is 1.41 bits per heavy atom. The average molecular weight is 1190 g/mol. The molecule has 8 aromatic rings. The number of carboxylic acid groups (broad SMARTS) is 1. The molecule has 0 radical (unpaired) electrons. The predicted molar refractivity (Wildman–Crippen MR) is 319 cm³/mol. The molecule has 6 aromatic heterocycles. The number of aliphatic carboxylic acids is 1. The highest BCUT2D eigenvalue weighted by Gasteiger charge is 2.21. The molecule has 0 saturated heterocycles. The zero-order valence-corrected chi connectivity index (χ0v) is 50.4. The zero-order valence-electron chi connectivity index (χ0n) is 50.4. The Hall–Kier alpha value is -9.50. The van der Waals surface area contributed by atoms with Gasteiger partial charge in [-0.3, -0.25) is 19.0 Å². The molecular formula is C58H78N18O10. The molecule has 3 N–H and O–H groups in total. The van der Waals surface area contributed by atoms with Crippen molar-refractivity contribution in [3.05, 3.63) is 85.7 Å². The lowest BCUT2D eigenvalue weighted by Crippen LogP contribution is -2.34. The van der Waals surface area contributed by atoms with Crippen LogP contribution in [-0.2, 0) is 36.9 Å². The number of amides is 2. The van der Waals surface area contributed by atoms with Crippen molar-refractivity contribution in [2.45, 2.75) is 137 Å². The molecule has 0 bridgehead atoms. The van der Waals surface area contributed by atoms with Crippen LogP contribution in [0.1, 0.15) is 113 Å². The minimum absolute atomic E-state index is 0.138. The second kappa shape index (κ2) is 30.9. The van der Waals surface area contributed by atoms with E-state index in [1.54, 1.807) is 65.0 Å². The minimum Gasteiger partial charge on any atom is -0.494 e. The second-order valence-electron chi connectivity index (χ2n) is 22.1. The van der Waals surface area contributed by atoms with Crippen LogP contribution in [0.5, 0.6) is 11.5 Å². The normalized spacial score (nSPS) is 11.4. The number of nitrogens with zero attached hydrogens (tertiary/aromatic N) is 16. The maximum Gasteiger partial charge on any atom is 0.410 e. The Balaban J connectivity index is 0.000000246. The fraction of sp³-hybridized carbons (Fsp3) is 0.483. The Labute approximate surface area is 498 Å². The molecule has 0 saturated carbocycles. The second-order valence-corrected chi connectivity index (χ2v) is 22.1. The average Bonchev–Trinajstić information content (AvgIpc) is 4.12. The Kier molecular flexibility index (Phi) is 23.0. The molecule has 460 valence electrons. The highest BCUT2D eigenvalue weighted by atomic mass is 16.6. The van der Waals surface area contributed by atoms with Crippen LogP contribution in [0.3, 0.4) is 0 Å². The first-order valence-electron chi connectivity index (χ1n) is 28.7. The molecular weight excluding hydrogens is 1110 g/mol. The quantitative estimate of drug-likeness (QED) is 0.0223. The van der Waals surface area contributed by atoms with E-state index in [2.05, 4.69) is 61.4 Å². The van der Waals surface area contributed by atoms with E-state index < -0.39 is 17.2 Å². The van der Waals surface area contributed by atoms with E-state index in [-0.39, 0.29) is 24.6 Å². The number of nitrogens with one attached hydrogen (secondary N) is 2. The summed E-state index contributed by atoms with van der Waals surface area (Å²) in [6.07, 6.45) is 16.3. The number of rotatable bonds is 29. The largest absolute Gasteiger partial charge is 0.494 e. The molecule has 2 aromatic carbocycles. The summed E-state index contributed by atoms with van der Waals surface area (Å²) in [5, 5.41) is 40.7. The number of hydrogen-bond acceptors (Lipinski definition) is 21. The van der Waals surface area contributed by atoms with Gasteiger partial charge in [-0.15, -0.1) is 10.2 Å². The van der Waals surface area contributed by atoms with E-state index in [9.17, 15) is 19.2 Å². The van der Waals surface area contributed by atoms with Crippen LogP contribution in [-0.4, -0.2) is 167 Å². The van der Waals surface area contributed by atoms with Gasteiger partial charge in [0.2, 0.25) is 11.9 Å². The summed E-state index contributed by atoms with van der Waals surface area (Å²) in [6.45, 7) is 16.9. The molecule has 0 spiro atoms. The molecule has 6 heterocycles. The molecule has 0 aliphatic heterocycles. The van der Waals surface area contributed by atoms with Gasteiger partial charge in [0, 0.05) is 65.5 Å². The predicted octanol–water partition coefficient (Wildman–Crippen LogP) is 9.34. The number of esters is 1. The topological polar surface area (TPSA) is 314 Å². The number of carbonyl (C=O) groups excluding carboxylic acids is 3. The van der Waals surface area contributed by atoms with Crippen molar-refractivity contribution in [2.75, 3.05) is 57.6 Å². The lowest BCUT2D eigenvalue weighted by molar-refractivity contribution is -0.143. The number of aromatic nitrogens is 14. The van der Waals surface area contributed by atoms with Crippen LogP contribution in [0.4, 0.5) is 32.9 Å². The first kappa shape index (κ1) is 64.1. The van der Waals surface area contributed by atoms with E-state index in [1.165, 1.54) is 0 Å². The SMILES string of the molecule is CCOC(=O)CCCCOc1ccc(-n2nnc3cnc(Nc4cnn(CCCCN(C)C(=O)OC(C)(C)C)c4)nc32)cc1.CN(CCCCn1cc(Nc2ncc3nnn(-c4ccc(OCCCCC(=O)O)cc4)c3n2)cn1)C(=O)OC(C)(C)C. The summed E-state index contributed by atoms with van der Waals surface area (Å²) in [6, 6.07) is 14.8. The number of hydrogen-bond donors (Lipinski definition) is 3. The van der Waals surface area contributed by atoms with Gasteiger partial charge in [0.05, 0.1) is 67.4 Å². The summed E-state index contributed by atoms with van der Waals surface area (Å²) in [5.41, 5.74) is 4.20. The van der Waals surface area contributed by atoms with Gasteiger partial charge in [-0.05, 0) is 148 Å². The van der Waals surface area contributed by atoms with Crippen molar-refractivity contribution in [1.29, 1.82) is 0 Å². The van der Waals surface area contributed by atoms with Crippen molar-refractivity contribution in [1.82, 2.24) is 79.3 Å². The van der Waals surface area contributed by atoms with Crippen LogP contribution in [0, 0.1) is 0 Å². The molecule has 86 heavy (non-hydrogen) atoms. The minimum atomic E-state index is -0.801. The molecule has 0 unspecified atom stereocenters. The number of aryl methyl sites for hydroxylation is 2. The molecule has 0 aliphatic carbocycles. The number of ether oxygens (including phenoxy) is 5. The summed E-state index contributed by atoms with van der Waals surface area (Å²) in [4.78, 5) is 67.4. The van der Waals surface area contributed by atoms with Crippen molar-refractivity contribution in [3.8, 4) is 22.9 Å². The van der Waals surface area contributed by atoms with Crippen LogP contribution >= 0.6 is 0 Å². The molecule has 28 heteroatoms. The molecule has 2 amide bonds. The van der Waals surface area contributed by atoms with E-state index in [0.717, 1.165) is 60.6 Å². The standard InChI is InChI=1S/C30H41N9O5.C28H37N9O5/c1-6-42-26(40)11-7-10-18-43-24-14-12-23(13-15-24)39-27-25(35-36-39)20-31-28(34-27)33-22-19-32-38(21-22)17-9-8-16-37(5)29(41)44-30(2,3)4;1-28(2,3)42-27(40)35(4)14-6-7-15-36-19-20(17-30-36)31-26-29-18-23-25(32-26)37(34-33-23)21-10-12-22(13-11-21)41-16-8-5-9-24(38)39/h12-15,19-21H,6-11,16-18H2,1-5H3,(H,31,33,34);10-13,17-19H,5-9,14-16H2,1-4H3,(H,38,39)(H,29,31,32). The third-order valence-corrected chi connectivity index (χ3v) is 12.4. The first-order valence-corrected chi connectivity index (χ1v) is 28.7. The van der Waals surface area contributed by atoms with E-state index in [1.807, 2.05) is 112 Å². The van der Waals surface area contributed by atoms with Crippen molar-refractivity contribution >= 4 is 69.7 Å². The van der Waals surface area contributed by atoms with Crippen LogP contribution < -0.4 is 20.1 Å². The van der Waals surface area contributed by atoms with Gasteiger partial charge in [-0.1, -0.05) is 10.4 Å². The molecule has 28 nitrogen and oxygen atoms in total. The fourth-order valence-electron chi connectivity index (χ4n) is 8.12. The maximum absolute atomic E-state index is 12.1. The lowest BCUT2D eigenvalue weighted by atomic mass is 10.2. The van der Waals surface area contributed by atoms with Crippen molar-refractivity contribution in [2.24, 2.45) is 0 Å². The van der Waals surface area contributed by atoms with Crippen LogP contribution in [0.15, 0.2) is 85.7 Å².